The smallest absolute Gasteiger partial charge is 0.140 e. The summed E-state index contributed by atoms with van der Waals surface area (Å²) in [5, 5.41) is 8.78. The third-order valence-electron chi connectivity index (χ3n) is 2.77. The molecule has 1 aromatic carbocycles. The zero-order valence-corrected chi connectivity index (χ0v) is 10.8. The van der Waals surface area contributed by atoms with Crippen molar-refractivity contribution in [3.63, 3.8) is 0 Å². The van der Waals surface area contributed by atoms with Crippen LogP contribution in [0.15, 0.2) is 36.5 Å². The summed E-state index contributed by atoms with van der Waals surface area (Å²) < 4.78 is 18.9. The van der Waals surface area contributed by atoms with Crippen LogP contribution >= 0.6 is 0 Å². The number of nitrogens with two attached hydrogens (primary N) is 1. The summed E-state index contributed by atoms with van der Waals surface area (Å²) in [4.78, 5) is 3.89. The topological polar surface area (TPSA) is 71.9 Å². The molecule has 0 aliphatic carbocycles. The standard InChI is InChI=1S/C15H14FN3O/c16-13-1-2-15(12(8-13)3-5-17)20-10-11-4-6-19-14(7-11)9-18/h1-2,4,6-8H,3,5,10,17H2. The van der Waals surface area contributed by atoms with E-state index in [4.69, 9.17) is 15.7 Å². The normalized spacial score (nSPS) is 10.1. The summed E-state index contributed by atoms with van der Waals surface area (Å²) in [6.45, 7) is 0.716. The Morgan fingerprint density at radius 3 is 2.90 bits per heavy atom. The average Bonchev–Trinajstić information content (AvgIpc) is 2.47. The molecular weight excluding hydrogens is 257 g/mol. The molecule has 0 aliphatic heterocycles. The van der Waals surface area contributed by atoms with Crippen LogP contribution in [0.2, 0.25) is 0 Å². The monoisotopic (exact) mass is 271 g/mol. The largest absolute Gasteiger partial charge is 0.489 e. The van der Waals surface area contributed by atoms with Crippen LogP contribution in [-0.2, 0) is 13.0 Å². The van der Waals surface area contributed by atoms with Gasteiger partial charge in [-0.1, -0.05) is 0 Å². The van der Waals surface area contributed by atoms with Gasteiger partial charge in [-0.05, 0) is 54.4 Å². The maximum Gasteiger partial charge on any atom is 0.140 e. The summed E-state index contributed by atoms with van der Waals surface area (Å²) in [5.41, 5.74) is 7.41. The second-order valence-corrected chi connectivity index (χ2v) is 4.24. The Kier molecular flexibility index (Phi) is 4.64. The van der Waals surface area contributed by atoms with Crippen molar-refractivity contribution >= 4 is 0 Å². The van der Waals surface area contributed by atoms with Crippen molar-refractivity contribution in [2.24, 2.45) is 5.73 Å². The Hall–Kier alpha value is -2.45. The third kappa shape index (κ3) is 3.53. The number of halogens is 1. The van der Waals surface area contributed by atoms with Gasteiger partial charge in [-0.2, -0.15) is 5.26 Å². The molecule has 0 amide bonds. The van der Waals surface area contributed by atoms with Gasteiger partial charge >= 0.3 is 0 Å². The molecule has 1 aromatic heterocycles. The molecule has 2 N–H and O–H groups in total. The van der Waals surface area contributed by atoms with Gasteiger partial charge in [0.2, 0.25) is 0 Å². The van der Waals surface area contributed by atoms with E-state index in [9.17, 15) is 4.39 Å². The van der Waals surface area contributed by atoms with Gasteiger partial charge in [0.25, 0.3) is 0 Å². The van der Waals surface area contributed by atoms with Crippen LogP contribution in [0.25, 0.3) is 0 Å². The lowest BCUT2D eigenvalue weighted by Gasteiger charge is -2.11. The second kappa shape index (κ2) is 6.64. The summed E-state index contributed by atoms with van der Waals surface area (Å²) in [6.07, 6.45) is 2.11. The molecule has 0 unspecified atom stereocenters. The van der Waals surface area contributed by atoms with Gasteiger partial charge in [-0.3, -0.25) is 0 Å². The lowest BCUT2D eigenvalue weighted by molar-refractivity contribution is 0.302. The van der Waals surface area contributed by atoms with Crippen molar-refractivity contribution in [1.82, 2.24) is 4.98 Å². The summed E-state index contributed by atoms with van der Waals surface area (Å²) in [5.74, 6) is 0.295. The van der Waals surface area contributed by atoms with Crippen LogP contribution in [0, 0.1) is 17.1 Å². The van der Waals surface area contributed by atoms with Crippen molar-refractivity contribution < 1.29 is 9.13 Å². The molecule has 0 fully saturated rings. The average molecular weight is 271 g/mol. The van der Waals surface area contributed by atoms with E-state index >= 15 is 0 Å². The summed E-state index contributed by atoms with van der Waals surface area (Å²) in [7, 11) is 0. The fourth-order valence-corrected chi connectivity index (χ4v) is 1.83. The van der Waals surface area contributed by atoms with Gasteiger partial charge in [0, 0.05) is 6.20 Å². The van der Waals surface area contributed by atoms with Gasteiger partial charge in [0.1, 0.15) is 29.9 Å². The molecule has 20 heavy (non-hydrogen) atoms. The minimum atomic E-state index is -0.309. The maximum absolute atomic E-state index is 13.2. The molecular formula is C15H14FN3O. The Balaban J connectivity index is 2.12. The van der Waals surface area contributed by atoms with E-state index in [0.29, 0.717) is 31.0 Å². The minimum Gasteiger partial charge on any atom is -0.489 e. The molecule has 0 atom stereocenters. The molecule has 5 heteroatoms. The van der Waals surface area contributed by atoms with Crippen molar-refractivity contribution in [3.8, 4) is 11.8 Å². The molecule has 0 spiro atoms. The van der Waals surface area contributed by atoms with Crippen LogP contribution < -0.4 is 10.5 Å². The van der Waals surface area contributed by atoms with E-state index in [0.717, 1.165) is 11.1 Å². The van der Waals surface area contributed by atoms with Gasteiger partial charge < -0.3 is 10.5 Å². The minimum absolute atomic E-state index is 0.292. The van der Waals surface area contributed by atoms with Crippen LogP contribution in [0.5, 0.6) is 5.75 Å². The van der Waals surface area contributed by atoms with Gasteiger partial charge in [-0.25, -0.2) is 9.37 Å². The number of ether oxygens (including phenoxy) is 1. The SMILES string of the molecule is N#Cc1cc(COc2ccc(F)cc2CCN)ccn1. The van der Waals surface area contributed by atoms with E-state index in [2.05, 4.69) is 4.98 Å². The first-order chi connectivity index (χ1) is 9.72. The van der Waals surface area contributed by atoms with Crippen LogP contribution in [0.3, 0.4) is 0 Å². The number of benzene rings is 1. The number of nitriles is 1. The quantitative estimate of drug-likeness (QED) is 0.904. The maximum atomic E-state index is 13.2. The fraction of sp³-hybridized carbons (Fsp3) is 0.200. The first kappa shape index (κ1) is 14.0. The van der Waals surface area contributed by atoms with Crippen molar-refractivity contribution in [3.05, 3.63) is 59.2 Å². The highest BCUT2D eigenvalue weighted by atomic mass is 19.1. The second-order valence-electron chi connectivity index (χ2n) is 4.24. The molecule has 4 nitrogen and oxygen atoms in total. The van der Waals surface area contributed by atoms with Crippen LogP contribution in [0.4, 0.5) is 4.39 Å². The summed E-state index contributed by atoms with van der Waals surface area (Å²) in [6, 6.07) is 9.77. The molecule has 0 radical (unpaired) electrons. The zero-order valence-electron chi connectivity index (χ0n) is 10.8. The van der Waals surface area contributed by atoms with Crippen LogP contribution in [0.1, 0.15) is 16.8 Å². The number of hydrogen-bond acceptors (Lipinski definition) is 4. The highest BCUT2D eigenvalue weighted by Crippen LogP contribution is 2.21. The lowest BCUT2D eigenvalue weighted by Crippen LogP contribution is -2.06. The summed E-state index contributed by atoms with van der Waals surface area (Å²) >= 11 is 0. The lowest BCUT2D eigenvalue weighted by atomic mass is 10.1. The molecule has 0 saturated carbocycles. The van der Waals surface area contributed by atoms with Gasteiger partial charge in [-0.15, -0.1) is 0 Å². The highest BCUT2D eigenvalue weighted by Gasteiger charge is 2.06. The number of pyridine rings is 1. The van der Waals surface area contributed by atoms with Crippen molar-refractivity contribution in [1.29, 1.82) is 5.26 Å². The van der Waals surface area contributed by atoms with Gasteiger partial charge in [0.05, 0.1) is 0 Å². The van der Waals surface area contributed by atoms with Crippen molar-refractivity contribution in [2.45, 2.75) is 13.0 Å². The third-order valence-corrected chi connectivity index (χ3v) is 2.77. The van der Waals surface area contributed by atoms with E-state index in [1.807, 2.05) is 6.07 Å². The number of hydrogen-bond donors (Lipinski definition) is 1. The first-order valence-corrected chi connectivity index (χ1v) is 6.19. The van der Waals surface area contributed by atoms with Crippen molar-refractivity contribution in [2.75, 3.05) is 6.54 Å². The molecule has 0 saturated heterocycles. The van der Waals surface area contributed by atoms with Crippen LogP contribution in [-0.4, -0.2) is 11.5 Å². The molecule has 102 valence electrons. The number of rotatable bonds is 5. The Bertz CT molecular complexity index is 637. The molecule has 0 aliphatic rings. The number of aromatic nitrogens is 1. The molecule has 2 aromatic rings. The molecule has 0 bridgehead atoms. The van der Waals surface area contributed by atoms with Gasteiger partial charge in [0.15, 0.2) is 0 Å². The zero-order chi connectivity index (χ0) is 14.4. The van der Waals surface area contributed by atoms with E-state index in [1.165, 1.54) is 12.1 Å². The fourth-order valence-electron chi connectivity index (χ4n) is 1.83. The predicted molar refractivity (Wildman–Crippen MR) is 72.4 cm³/mol. The molecule has 1 heterocycles. The Morgan fingerprint density at radius 2 is 2.15 bits per heavy atom. The first-order valence-electron chi connectivity index (χ1n) is 6.19. The predicted octanol–water partition coefficient (Wildman–Crippen LogP) is 2.17. The van der Waals surface area contributed by atoms with E-state index < -0.39 is 0 Å². The highest BCUT2D eigenvalue weighted by molar-refractivity contribution is 5.35. The van der Waals surface area contributed by atoms with E-state index in [1.54, 1.807) is 24.4 Å². The molecule has 2 rings (SSSR count). The Labute approximate surface area is 116 Å². The van der Waals surface area contributed by atoms with E-state index in [-0.39, 0.29) is 5.82 Å². The Morgan fingerprint density at radius 1 is 1.30 bits per heavy atom. The number of nitrogens with zero attached hydrogens (tertiary/aromatic N) is 2.